The highest BCUT2D eigenvalue weighted by Crippen LogP contribution is 2.29. The van der Waals surface area contributed by atoms with E-state index in [1.54, 1.807) is 18.2 Å². The molecular weight excluding hydrogens is 344 g/mol. The minimum Gasteiger partial charge on any atom is -0.488 e. The molecule has 0 saturated heterocycles. The van der Waals surface area contributed by atoms with Crippen LogP contribution in [0.15, 0.2) is 67.8 Å². The molecule has 2 aromatic carbocycles. The maximum absolute atomic E-state index is 12.7. The van der Waals surface area contributed by atoms with Crippen LogP contribution in [-0.2, 0) is 22.5 Å². The second kappa shape index (κ2) is 9.97. The van der Waals surface area contributed by atoms with E-state index in [2.05, 4.69) is 13.2 Å². The number of carbonyl (C=O) groups is 2. The van der Waals surface area contributed by atoms with Gasteiger partial charge in [-0.3, -0.25) is 0 Å². The fourth-order valence-electron chi connectivity index (χ4n) is 2.50. The molecule has 0 aromatic heterocycles. The van der Waals surface area contributed by atoms with Crippen LogP contribution < -0.4 is 4.74 Å². The first-order valence-electron chi connectivity index (χ1n) is 8.41. The van der Waals surface area contributed by atoms with E-state index in [9.17, 15) is 9.59 Å². The summed E-state index contributed by atoms with van der Waals surface area (Å²) in [6, 6.07) is 12.4. The summed E-state index contributed by atoms with van der Waals surface area (Å²) in [7, 11) is 1.28. The Labute approximate surface area is 158 Å². The van der Waals surface area contributed by atoms with E-state index in [-0.39, 0.29) is 24.3 Å². The molecule has 0 bridgehead atoms. The molecule has 0 N–H and O–H groups in total. The van der Waals surface area contributed by atoms with E-state index in [0.29, 0.717) is 17.7 Å². The van der Waals surface area contributed by atoms with Crippen molar-refractivity contribution >= 4 is 11.9 Å². The first-order chi connectivity index (χ1) is 13.1. The summed E-state index contributed by atoms with van der Waals surface area (Å²) in [6.07, 6.45) is 3.65. The lowest BCUT2D eigenvalue weighted by molar-refractivity contribution is 0.0468. The Bertz CT molecular complexity index is 824. The van der Waals surface area contributed by atoms with Crippen molar-refractivity contribution in [3.8, 4) is 5.75 Å². The van der Waals surface area contributed by atoms with Gasteiger partial charge in [0.05, 0.1) is 12.7 Å². The van der Waals surface area contributed by atoms with E-state index in [1.807, 2.05) is 30.3 Å². The van der Waals surface area contributed by atoms with Crippen molar-refractivity contribution in [3.63, 3.8) is 0 Å². The molecule has 27 heavy (non-hydrogen) atoms. The monoisotopic (exact) mass is 366 g/mol. The minimum atomic E-state index is -0.589. The lowest BCUT2D eigenvalue weighted by atomic mass is 10.0. The first-order valence-corrected chi connectivity index (χ1v) is 8.41. The maximum Gasteiger partial charge on any atom is 0.342 e. The van der Waals surface area contributed by atoms with Crippen molar-refractivity contribution in [2.24, 2.45) is 0 Å². The summed E-state index contributed by atoms with van der Waals surface area (Å²) in [6.45, 7) is 7.66. The molecule has 0 fully saturated rings. The third kappa shape index (κ3) is 5.31. The summed E-state index contributed by atoms with van der Waals surface area (Å²) >= 11 is 0. The Morgan fingerprint density at radius 2 is 1.78 bits per heavy atom. The molecule has 0 spiro atoms. The molecule has 0 aliphatic heterocycles. The number of carbonyl (C=O) groups excluding carboxylic acids is 2. The van der Waals surface area contributed by atoms with Gasteiger partial charge in [0.2, 0.25) is 0 Å². The van der Waals surface area contributed by atoms with E-state index in [4.69, 9.17) is 14.2 Å². The molecule has 140 valence electrons. The van der Waals surface area contributed by atoms with E-state index < -0.39 is 11.9 Å². The Hall–Kier alpha value is -3.34. The van der Waals surface area contributed by atoms with Gasteiger partial charge in [-0.05, 0) is 29.7 Å². The molecule has 0 saturated carbocycles. The van der Waals surface area contributed by atoms with Crippen LogP contribution in [0.3, 0.4) is 0 Å². The molecule has 0 aliphatic carbocycles. The lowest BCUT2D eigenvalue weighted by Gasteiger charge is -2.16. The summed E-state index contributed by atoms with van der Waals surface area (Å²) in [5.41, 5.74) is 1.90. The summed E-state index contributed by atoms with van der Waals surface area (Å²) < 4.78 is 15.9. The van der Waals surface area contributed by atoms with Crippen LogP contribution in [0.1, 0.15) is 31.8 Å². The highest BCUT2D eigenvalue weighted by molar-refractivity contribution is 5.98. The number of rotatable bonds is 9. The van der Waals surface area contributed by atoms with Crippen LogP contribution in [0.2, 0.25) is 0 Å². The van der Waals surface area contributed by atoms with Crippen molar-refractivity contribution < 1.29 is 23.8 Å². The van der Waals surface area contributed by atoms with Crippen LogP contribution >= 0.6 is 0 Å². The molecule has 0 heterocycles. The Morgan fingerprint density at radius 3 is 2.41 bits per heavy atom. The second-order valence-electron chi connectivity index (χ2n) is 5.66. The van der Waals surface area contributed by atoms with Gasteiger partial charge in [-0.15, -0.1) is 6.58 Å². The van der Waals surface area contributed by atoms with Gasteiger partial charge in [-0.2, -0.15) is 0 Å². The second-order valence-corrected chi connectivity index (χ2v) is 5.66. The first kappa shape index (κ1) is 20.0. The highest BCUT2D eigenvalue weighted by Gasteiger charge is 2.22. The predicted molar refractivity (Wildman–Crippen MR) is 103 cm³/mol. The van der Waals surface area contributed by atoms with Crippen molar-refractivity contribution in [2.75, 3.05) is 13.7 Å². The van der Waals surface area contributed by atoms with E-state index >= 15 is 0 Å². The molecule has 5 nitrogen and oxygen atoms in total. The van der Waals surface area contributed by atoms with Gasteiger partial charge in [-0.25, -0.2) is 9.59 Å². The van der Waals surface area contributed by atoms with Gasteiger partial charge in [-0.1, -0.05) is 49.1 Å². The van der Waals surface area contributed by atoms with Crippen LogP contribution in [0, 0.1) is 0 Å². The lowest BCUT2D eigenvalue weighted by Crippen LogP contribution is -2.13. The van der Waals surface area contributed by atoms with Gasteiger partial charge in [0.1, 0.15) is 24.5 Å². The normalized spacial score (nSPS) is 9.96. The zero-order valence-corrected chi connectivity index (χ0v) is 15.3. The zero-order chi connectivity index (χ0) is 19.6. The summed E-state index contributed by atoms with van der Waals surface area (Å²) in [4.78, 5) is 24.7. The average molecular weight is 366 g/mol. The van der Waals surface area contributed by atoms with Gasteiger partial charge in [0.25, 0.3) is 0 Å². The fraction of sp³-hybridized carbons (Fsp3) is 0.182. The number of benzene rings is 2. The van der Waals surface area contributed by atoms with Gasteiger partial charge < -0.3 is 14.2 Å². The minimum absolute atomic E-state index is 0.111. The third-order valence-corrected chi connectivity index (χ3v) is 3.73. The Kier molecular flexibility index (Phi) is 7.37. The number of allylic oxidation sites excluding steroid dienone is 1. The maximum atomic E-state index is 12.7. The van der Waals surface area contributed by atoms with Crippen molar-refractivity contribution in [1.29, 1.82) is 0 Å². The molecule has 0 atom stereocenters. The Balaban J connectivity index is 2.40. The number of esters is 2. The standard InChI is InChI=1S/C22H22O5/c1-4-9-17-13-18(21(23)25-3)14-19(20(17)26-12-5-2)22(24)27-15-16-10-7-6-8-11-16/h4-8,10-11,13-14H,1-2,9,12,15H2,3H3. The summed E-state index contributed by atoms with van der Waals surface area (Å²) in [5, 5.41) is 0. The molecule has 0 radical (unpaired) electrons. The van der Waals surface area contributed by atoms with Gasteiger partial charge >= 0.3 is 11.9 Å². The van der Waals surface area contributed by atoms with Gasteiger partial charge in [0.15, 0.2) is 0 Å². The largest absolute Gasteiger partial charge is 0.488 e. The molecule has 0 aliphatic rings. The van der Waals surface area contributed by atoms with Crippen LogP contribution in [0.25, 0.3) is 0 Å². The fourth-order valence-corrected chi connectivity index (χ4v) is 2.50. The smallest absolute Gasteiger partial charge is 0.342 e. The molecular formula is C22H22O5. The average Bonchev–Trinajstić information content (AvgIpc) is 2.70. The highest BCUT2D eigenvalue weighted by atomic mass is 16.5. The van der Waals surface area contributed by atoms with Gasteiger partial charge in [0, 0.05) is 0 Å². The molecule has 2 aromatic rings. The van der Waals surface area contributed by atoms with Crippen molar-refractivity contribution in [3.05, 3.63) is 90.0 Å². The summed E-state index contributed by atoms with van der Waals surface area (Å²) in [5.74, 6) is -0.790. The van der Waals surface area contributed by atoms with E-state index in [0.717, 1.165) is 5.56 Å². The van der Waals surface area contributed by atoms with Crippen LogP contribution in [0.5, 0.6) is 5.75 Å². The van der Waals surface area contributed by atoms with Crippen LogP contribution in [0.4, 0.5) is 0 Å². The number of hydrogen-bond donors (Lipinski definition) is 0. The SMILES string of the molecule is C=CCOc1c(CC=C)cc(C(=O)OC)cc1C(=O)OCc1ccccc1. The zero-order valence-electron chi connectivity index (χ0n) is 15.3. The third-order valence-electron chi connectivity index (χ3n) is 3.73. The van der Waals surface area contributed by atoms with Crippen LogP contribution in [-0.4, -0.2) is 25.7 Å². The molecule has 5 heteroatoms. The molecule has 0 unspecified atom stereocenters. The number of hydrogen-bond acceptors (Lipinski definition) is 5. The predicted octanol–water partition coefficient (Wildman–Crippen LogP) is 4.12. The topological polar surface area (TPSA) is 61.8 Å². The van der Waals surface area contributed by atoms with E-state index in [1.165, 1.54) is 13.2 Å². The molecule has 2 rings (SSSR count). The Morgan fingerprint density at radius 1 is 1.04 bits per heavy atom. The number of ether oxygens (including phenoxy) is 3. The van der Waals surface area contributed by atoms with Crippen molar-refractivity contribution in [2.45, 2.75) is 13.0 Å². The molecule has 0 amide bonds. The number of methoxy groups -OCH3 is 1. The quantitative estimate of drug-likeness (QED) is 0.493. The van der Waals surface area contributed by atoms with Crippen molar-refractivity contribution in [1.82, 2.24) is 0 Å².